The van der Waals surface area contributed by atoms with Crippen LogP contribution in [0, 0.1) is 9.52 Å². The van der Waals surface area contributed by atoms with Crippen molar-refractivity contribution in [3.8, 4) is 0 Å². The number of H-pyrrole nitrogens is 1. The fourth-order valence-electron chi connectivity index (χ4n) is 1.22. The number of hydrogen-bond donors (Lipinski definition) is 1. The molecule has 0 aliphatic heterocycles. The first kappa shape index (κ1) is 8.68. The van der Waals surface area contributed by atoms with Crippen LogP contribution >= 0.6 is 22.6 Å². The van der Waals surface area contributed by atoms with Gasteiger partial charge in [-0.05, 0) is 40.8 Å². The van der Waals surface area contributed by atoms with Gasteiger partial charge in [0.25, 0.3) is 5.56 Å². The molecule has 0 bridgehead atoms. The summed E-state index contributed by atoms with van der Waals surface area (Å²) >= 11 is 1.95. The van der Waals surface area contributed by atoms with Crippen LogP contribution < -0.4 is 5.56 Å². The van der Waals surface area contributed by atoms with Crippen molar-refractivity contribution in [1.29, 1.82) is 0 Å². The fourth-order valence-corrected chi connectivity index (χ4v) is 1.78. The van der Waals surface area contributed by atoms with Crippen LogP contribution in [0.15, 0.2) is 29.1 Å². The van der Waals surface area contributed by atoms with Gasteiger partial charge < -0.3 is 4.98 Å². The fraction of sp³-hybridized carbons (Fsp3) is 0. The van der Waals surface area contributed by atoms with Gasteiger partial charge in [-0.2, -0.15) is 0 Å². The van der Waals surface area contributed by atoms with E-state index in [1.54, 1.807) is 12.1 Å². The van der Waals surface area contributed by atoms with Crippen molar-refractivity contribution in [2.75, 3.05) is 0 Å². The van der Waals surface area contributed by atoms with E-state index in [9.17, 15) is 9.18 Å². The average Bonchev–Trinajstić information content (AvgIpc) is 2.07. The second kappa shape index (κ2) is 3.10. The molecule has 0 spiro atoms. The minimum absolute atomic E-state index is 0.249. The van der Waals surface area contributed by atoms with Crippen LogP contribution in [0.25, 0.3) is 10.8 Å². The molecule has 0 amide bonds. The summed E-state index contributed by atoms with van der Waals surface area (Å²) in [5.74, 6) is -0.360. The van der Waals surface area contributed by atoms with Crippen molar-refractivity contribution in [3.05, 3.63) is 44.1 Å². The summed E-state index contributed by atoms with van der Waals surface area (Å²) in [6, 6.07) is 6.09. The molecule has 13 heavy (non-hydrogen) atoms. The minimum Gasteiger partial charge on any atom is -0.317 e. The van der Waals surface area contributed by atoms with Crippen LogP contribution in [0.1, 0.15) is 0 Å². The number of nitrogens with one attached hydrogen (secondary N) is 1. The Hall–Kier alpha value is -0.910. The minimum atomic E-state index is -0.360. The number of rotatable bonds is 0. The van der Waals surface area contributed by atoms with E-state index in [-0.39, 0.29) is 11.4 Å². The van der Waals surface area contributed by atoms with Gasteiger partial charge in [0, 0.05) is 10.8 Å². The van der Waals surface area contributed by atoms with Gasteiger partial charge in [-0.3, -0.25) is 4.79 Å². The van der Waals surface area contributed by atoms with Gasteiger partial charge in [-0.25, -0.2) is 4.39 Å². The van der Waals surface area contributed by atoms with E-state index in [1.165, 1.54) is 12.1 Å². The van der Waals surface area contributed by atoms with Crippen molar-refractivity contribution in [1.82, 2.24) is 4.98 Å². The van der Waals surface area contributed by atoms with E-state index >= 15 is 0 Å². The Morgan fingerprint density at radius 1 is 1.31 bits per heavy atom. The first-order valence-electron chi connectivity index (χ1n) is 3.65. The number of aromatic amines is 1. The molecule has 1 heterocycles. The second-order valence-corrected chi connectivity index (χ2v) is 3.81. The van der Waals surface area contributed by atoms with Crippen molar-refractivity contribution in [2.45, 2.75) is 0 Å². The average molecular weight is 289 g/mol. The number of benzene rings is 1. The third-order valence-electron chi connectivity index (χ3n) is 1.80. The molecule has 0 fully saturated rings. The van der Waals surface area contributed by atoms with Crippen LogP contribution in [0.3, 0.4) is 0 Å². The molecular formula is C9H5FINO. The monoisotopic (exact) mass is 289 g/mol. The SMILES string of the molecule is O=c1[nH]c(I)cc2c(F)cccc12. The number of pyridine rings is 1. The Kier molecular flexibility index (Phi) is 2.07. The van der Waals surface area contributed by atoms with E-state index in [0.717, 1.165) is 0 Å². The molecule has 0 radical (unpaired) electrons. The van der Waals surface area contributed by atoms with Gasteiger partial charge in [-0.15, -0.1) is 0 Å². The number of fused-ring (bicyclic) bond motifs is 1. The van der Waals surface area contributed by atoms with E-state index in [4.69, 9.17) is 0 Å². The lowest BCUT2D eigenvalue weighted by Crippen LogP contribution is -2.07. The van der Waals surface area contributed by atoms with E-state index in [2.05, 4.69) is 4.98 Å². The summed E-state index contributed by atoms with van der Waals surface area (Å²) in [6.07, 6.45) is 0. The van der Waals surface area contributed by atoms with Gasteiger partial charge in [-0.1, -0.05) is 6.07 Å². The zero-order valence-electron chi connectivity index (χ0n) is 6.47. The van der Waals surface area contributed by atoms with Crippen LogP contribution in [0.2, 0.25) is 0 Å². The van der Waals surface area contributed by atoms with E-state index in [1.807, 2.05) is 22.6 Å². The maximum Gasteiger partial charge on any atom is 0.256 e. The lowest BCUT2D eigenvalue weighted by atomic mass is 10.2. The molecule has 1 aromatic carbocycles. The summed E-state index contributed by atoms with van der Waals surface area (Å²) < 4.78 is 13.8. The summed E-state index contributed by atoms with van der Waals surface area (Å²) in [6.45, 7) is 0. The first-order chi connectivity index (χ1) is 6.18. The molecular weight excluding hydrogens is 284 g/mol. The summed E-state index contributed by atoms with van der Waals surface area (Å²) in [5.41, 5.74) is -0.249. The Balaban J connectivity index is 3.03. The third-order valence-corrected chi connectivity index (χ3v) is 2.38. The second-order valence-electron chi connectivity index (χ2n) is 2.65. The highest BCUT2D eigenvalue weighted by Gasteiger charge is 2.03. The molecule has 0 saturated carbocycles. The van der Waals surface area contributed by atoms with Gasteiger partial charge in [0.2, 0.25) is 0 Å². The highest BCUT2D eigenvalue weighted by molar-refractivity contribution is 14.1. The van der Waals surface area contributed by atoms with Crippen molar-refractivity contribution in [2.24, 2.45) is 0 Å². The third kappa shape index (κ3) is 1.46. The van der Waals surface area contributed by atoms with Crippen LogP contribution in [-0.2, 0) is 0 Å². The predicted octanol–water partition coefficient (Wildman–Crippen LogP) is 2.27. The van der Waals surface area contributed by atoms with Gasteiger partial charge in [0.1, 0.15) is 5.82 Å². The van der Waals surface area contributed by atoms with E-state index in [0.29, 0.717) is 14.5 Å². The normalized spacial score (nSPS) is 10.6. The standard InChI is InChI=1S/C9H5FINO/c10-7-3-1-2-5-6(7)4-8(11)12-9(5)13/h1-4H,(H,12,13). The van der Waals surface area contributed by atoms with Crippen LogP contribution in [0.5, 0.6) is 0 Å². The molecule has 0 aliphatic rings. The number of halogens is 2. The zero-order valence-corrected chi connectivity index (χ0v) is 8.63. The molecule has 2 rings (SSSR count). The van der Waals surface area contributed by atoms with Crippen LogP contribution in [-0.4, -0.2) is 4.98 Å². The molecule has 1 N–H and O–H groups in total. The largest absolute Gasteiger partial charge is 0.317 e. The summed E-state index contributed by atoms with van der Waals surface area (Å²) in [4.78, 5) is 13.9. The molecule has 1 aromatic heterocycles. The maximum absolute atomic E-state index is 13.2. The lowest BCUT2D eigenvalue weighted by molar-refractivity contribution is 0.639. The highest BCUT2D eigenvalue weighted by Crippen LogP contribution is 2.15. The molecule has 66 valence electrons. The Morgan fingerprint density at radius 3 is 2.85 bits per heavy atom. The smallest absolute Gasteiger partial charge is 0.256 e. The van der Waals surface area contributed by atoms with E-state index < -0.39 is 0 Å². The molecule has 0 saturated heterocycles. The molecule has 0 aliphatic carbocycles. The van der Waals surface area contributed by atoms with Gasteiger partial charge in [0.15, 0.2) is 0 Å². The maximum atomic E-state index is 13.2. The lowest BCUT2D eigenvalue weighted by Gasteiger charge is -1.98. The first-order valence-corrected chi connectivity index (χ1v) is 4.73. The molecule has 2 nitrogen and oxygen atoms in total. The Labute approximate surface area is 86.9 Å². The summed E-state index contributed by atoms with van der Waals surface area (Å²) in [5, 5.41) is 0.760. The molecule has 0 unspecified atom stereocenters. The molecule has 0 atom stereocenters. The Morgan fingerprint density at radius 2 is 2.08 bits per heavy atom. The van der Waals surface area contributed by atoms with Gasteiger partial charge in [0.05, 0.1) is 3.70 Å². The quantitative estimate of drug-likeness (QED) is 0.585. The number of aromatic nitrogens is 1. The predicted molar refractivity (Wildman–Crippen MR) is 57.2 cm³/mol. The zero-order chi connectivity index (χ0) is 9.42. The van der Waals surface area contributed by atoms with Gasteiger partial charge >= 0.3 is 0 Å². The van der Waals surface area contributed by atoms with Crippen molar-refractivity contribution < 1.29 is 4.39 Å². The van der Waals surface area contributed by atoms with Crippen molar-refractivity contribution >= 4 is 33.4 Å². The number of hydrogen-bond acceptors (Lipinski definition) is 1. The highest BCUT2D eigenvalue weighted by atomic mass is 127. The Bertz CT molecular complexity index is 520. The van der Waals surface area contributed by atoms with Crippen molar-refractivity contribution in [3.63, 3.8) is 0 Å². The molecule has 4 heteroatoms. The molecule has 2 aromatic rings. The topological polar surface area (TPSA) is 32.9 Å². The summed E-state index contributed by atoms with van der Waals surface area (Å²) in [7, 11) is 0. The van der Waals surface area contributed by atoms with Crippen LogP contribution in [0.4, 0.5) is 4.39 Å².